The van der Waals surface area contributed by atoms with Gasteiger partial charge in [-0.25, -0.2) is 8.42 Å². The number of aryl methyl sites for hydroxylation is 3. The lowest BCUT2D eigenvalue weighted by molar-refractivity contribution is -0.140. The van der Waals surface area contributed by atoms with Crippen LogP contribution in [0.5, 0.6) is 0 Å². The number of nitrogens with one attached hydrogen (secondary N) is 1. The monoisotopic (exact) mass is 693 g/mol. The van der Waals surface area contributed by atoms with Crippen molar-refractivity contribution in [1.29, 1.82) is 0 Å². The molecular formula is C37H41Cl2N3O4S. The van der Waals surface area contributed by atoms with Crippen molar-refractivity contribution in [2.75, 3.05) is 10.8 Å². The van der Waals surface area contributed by atoms with Crippen LogP contribution in [-0.2, 0) is 32.6 Å². The van der Waals surface area contributed by atoms with Crippen LogP contribution in [0.3, 0.4) is 0 Å². The molecule has 0 fully saturated rings. The quantitative estimate of drug-likeness (QED) is 0.156. The second-order valence-corrected chi connectivity index (χ2v) is 14.6. The lowest BCUT2D eigenvalue weighted by atomic mass is 10.0. The van der Waals surface area contributed by atoms with E-state index in [1.54, 1.807) is 36.4 Å². The molecule has 0 unspecified atom stereocenters. The number of halogens is 2. The van der Waals surface area contributed by atoms with Crippen molar-refractivity contribution in [3.05, 3.63) is 129 Å². The summed E-state index contributed by atoms with van der Waals surface area (Å²) in [6.45, 7) is 8.87. The maximum absolute atomic E-state index is 14.7. The van der Waals surface area contributed by atoms with Gasteiger partial charge < -0.3 is 10.2 Å². The van der Waals surface area contributed by atoms with Gasteiger partial charge in [0.25, 0.3) is 10.0 Å². The maximum Gasteiger partial charge on any atom is 0.264 e. The lowest BCUT2D eigenvalue weighted by Crippen LogP contribution is -2.54. The van der Waals surface area contributed by atoms with Crippen LogP contribution >= 0.6 is 23.2 Å². The Labute approximate surface area is 288 Å². The molecule has 0 saturated heterocycles. The number of nitrogens with zero attached hydrogens (tertiary/aromatic N) is 2. The van der Waals surface area contributed by atoms with Gasteiger partial charge in [-0.15, -0.1) is 0 Å². The standard InChI is InChI=1S/C37H41Cl2N3O4S/c1-6-28(5)40-37(44)35(21-29-10-8-7-9-11-29)41(23-30-15-16-31(38)22-33(30)39)36(43)24-42(34-19-14-26(3)20-27(34)4)47(45,46)32-17-12-25(2)13-18-32/h7-20,22,28,35H,6,21,23-24H2,1-5H3,(H,40,44)/t28-,35+/m0/s1. The molecule has 248 valence electrons. The fourth-order valence-electron chi connectivity index (χ4n) is 5.26. The van der Waals surface area contributed by atoms with E-state index >= 15 is 0 Å². The minimum Gasteiger partial charge on any atom is -0.352 e. The number of hydrogen-bond acceptors (Lipinski definition) is 4. The van der Waals surface area contributed by atoms with Crippen LogP contribution in [0.2, 0.25) is 10.0 Å². The highest BCUT2D eigenvalue weighted by molar-refractivity contribution is 7.92. The van der Waals surface area contributed by atoms with Gasteiger partial charge in [0.2, 0.25) is 11.8 Å². The molecule has 4 rings (SSSR count). The Morgan fingerprint density at radius 3 is 2.13 bits per heavy atom. The number of sulfonamides is 1. The molecule has 1 N–H and O–H groups in total. The Hall–Kier alpha value is -3.85. The van der Waals surface area contributed by atoms with Gasteiger partial charge in [-0.3, -0.25) is 13.9 Å². The van der Waals surface area contributed by atoms with Crippen molar-refractivity contribution >= 4 is 50.7 Å². The van der Waals surface area contributed by atoms with Crippen LogP contribution in [0.1, 0.15) is 48.1 Å². The van der Waals surface area contributed by atoms with E-state index in [2.05, 4.69) is 5.32 Å². The summed E-state index contributed by atoms with van der Waals surface area (Å²) in [4.78, 5) is 30.2. The molecule has 2 atom stereocenters. The molecule has 0 radical (unpaired) electrons. The number of hydrogen-bond donors (Lipinski definition) is 1. The maximum atomic E-state index is 14.7. The van der Waals surface area contributed by atoms with Crippen molar-refractivity contribution in [3.8, 4) is 0 Å². The normalized spacial score (nSPS) is 12.7. The fraction of sp³-hybridized carbons (Fsp3) is 0.297. The van der Waals surface area contributed by atoms with E-state index in [1.807, 2.05) is 77.1 Å². The van der Waals surface area contributed by atoms with Gasteiger partial charge in [-0.1, -0.05) is 102 Å². The average Bonchev–Trinajstić information content (AvgIpc) is 3.03. The Bertz CT molecular complexity index is 1820. The van der Waals surface area contributed by atoms with Crippen LogP contribution in [-0.4, -0.2) is 43.8 Å². The van der Waals surface area contributed by atoms with Crippen LogP contribution in [0.4, 0.5) is 5.69 Å². The topological polar surface area (TPSA) is 86.8 Å². The molecule has 0 aromatic heterocycles. The van der Waals surface area contributed by atoms with Crippen LogP contribution < -0.4 is 9.62 Å². The Morgan fingerprint density at radius 2 is 1.51 bits per heavy atom. The fourth-order valence-corrected chi connectivity index (χ4v) is 7.21. The molecule has 10 heteroatoms. The van der Waals surface area contributed by atoms with Gasteiger partial charge in [-0.2, -0.15) is 0 Å². The summed E-state index contributed by atoms with van der Waals surface area (Å²) >= 11 is 12.8. The highest BCUT2D eigenvalue weighted by Gasteiger charge is 2.35. The predicted molar refractivity (Wildman–Crippen MR) is 190 cm³/mol. The number of amides is 2. The third kappa shape index (κ3) is 9.15. The molecule has 4 aromatic rings. The molecule has 4 aromatic carbocycles. The van der Waals surface area contributed by atoms with Gasteiger partial charge >= 0.3 is 0 Å². The SMILES string of the molecule is CC[C@H](C)NC(=O)[C@@H](Cc1ccccc1)N(Cc1ccc(Cl)cc1Cl)C(=O)CN(c1ccc(C)cc1C)S(=O)(=O)c1ccc(C)cc1. The number of carbonyl (C=O) groups is 2. The lowest BCUT2D eigenvalue weighted by Gasteiger charge is -2.35. The average molecular weight is 695 g/mol. The largest absolute Gasteiger partial charge is 0.352 e. The van der Waals surface area contributed by atoms with Crippen molar-refractivity contribution in [3.63, 3.8) is 0 Å². The molecule has 7 nitrogen and oxygen atoms in total. The summed E-state index contributed by atoms with van der Waals surface area (Å²) in [5.41, 5.74) is 4.33. The smallest absolute Gasteiger partial charge is 0.264 e. The van der Waals surface area contributed by atoms with E-state index in [0.717, 1.165) is 21.0 Å². The van der Waals surface area contributed by atoms with Crippen molar-refractivity contribution < 1.29 is 18.0 Å². The molecule has 0 bridgehead atoms. The van der Waals surface area contributed by atoms with Crippen LogP contribution in [0.15, 0.2) is 95.9 Å². The highest BCUT2D eigenvalue weighted by Crippen LogP contribution is 2.30. The van der Waals surface area contributed by atoms with E-state index in [0.29, 0.717) is 33.3 Å². The molecule has 2 amide bonds. The zero-order valence-corrected chi connectivity index (χ0v) is 29.7. The summed E-state index contributed by atoms with van der Waals surface area (Å²) in [7, 11) is -4.21. The van der Waals surface area contributed by atoms with Gasteiger partial charge in [0, 0.05) is 29.1 Å². The van der Waals surface area contributed by atoms with E-state index < -0.39 is 28.5 Å². The molecule has 0 heterocycles. The zero-order valence-electron chi connectivity index (χ0n) is 27.3. The van der Waals surface area contributed by atoms with Gasteiger partial charge in [0.05, 0.1) is 10.6 Å². The molecule has 0 aliphatic heterocycles. The number of carbonyl (C=O) groups excluding carboxylic acids is 2. The second kappa shape index (κ2) is 15.8. The summed E-state index contributed by atoms with van der Waals surface area (Å²) in [5, 5.41) is 3.79. The van der Waals surface area contributed by atoms with E-state index in [1.165, 1.54) is 17.0 Å². The Morgan fingerprint density at radius 1 is 0.851 bits per heavy atom. The minimum atomic E-state index is -4.21. The van der Waals surface area contributed by atoms with Crippen LogP contribution in [0.25, 0.3) is 0 Å². The van der Waals surface area contributed by atoms with Crippen LogP contribution in [0, 0.1) is 20.8 Å². The number of anilines is 1. The molecule has 0 aliphatic carbocycles. The molecule has 0 aliphatic rings. The Balaban J connectivity index is 1.85. The van der Waals surface area contributed by atoms with Gasteiger partial charge in [0.15, 0.2) is 0 Å². The van der Waals surface area contributed by atoms with Crippen molar-refractivity contribution in [2.24, 2.45) is 0 Å². The zero-order chi connectivity index (χ0) is 34.3. The van der Waals surface area contributed by atoms with E-state index in [4.69, 9.17) is 23.2 Å². The third-order valence-electron chi connectivity index (χ3n) is 8.14. The minimum absolute atomic E-state index is 0.0500. The van der Waals surface area contributed by atoms with E-state index in [-0.39, 0.29) is 29.8 Å². The molecular weight excluding hydrogens is 653 g/mol. The first-order valence-corrected chi connectivity index (χ1v) is 17.7. The third-order valence-corrected chi connectivity index (χ3v) is 10.5. The first-order chi connectivity index (χ1) is 22.3. The second-order valence-electron chi connectivity index (χ2n) is 11.9. The summed E-state index contributed by atoms with van der Waals surface area (Å²) in [6, 6.07) is 25.2. The molecule has 0 spiro atoms. The summed E-state index contributed by atoms with van der Waals surface area (Å²) in [6.07, 6.45) is 0.893. The summed E-state index contributed by atoms with van der Waals surface area (Å²) < 4.78 is 29.8. The van der Waals surface area contributed by atoms with Crippen molar-refractivity contribution in [2.45, 2.75) is 71.0 Å². The summed E-state index contributed by atoms with van der Waals surface area (Å²) in [5.74, 6) is -0.909. The highest BCUT2D eigenvalue weighted by atomic mass is 35.5. The number of rotatable bonds is 13. The number of benzene rings is 4. The molecule has 47 heavy (non-hydrogen) atoms. The van der Waals surface area contributed by atoms with Crippen molar-refractivity contribution in [1.82, 2.24) is 10.2 Å². The molecule has 0 saturated carbocycles. The first kappa shape index (κ1) is 36.0. The van der Waals surface area contributed by atoms with Gasteiger partial charge in [0.1, 0.15) is 12.6 Å². The Kier molecular flexibility index (Phi) is 12.1. The van der Waals surface area contributed by atoms with Gasteiger partial charge in [-0.05, 0) is 81.1 Å². The first-order valence-electron chi connectivity index (χ1n) is 15.5. The van der Waals surface area contributed by atoms with E-state index in [9.17, 15) is 18.0 Å². The predicted octanol–water partition coefficient (Wildman–Crippen LogP) is 7.67.